The lowest BCUT2D eigenvalue weighted by molar-refractivity contribution is 0.0975. The Labute approximate surface area is 123 Å². The summed E-state index contributed by atoms with van der Waals surface area (Å²) in [6.45, 7) is 1.10. The number of nitrogens with one attached hydrogen (secondary N) is 1. The summed E-state index contributed by atoms with van der Waals surface area (Å²) in [5.74, 6) is -0.0976. The SMILES string of the molecule is N#Cc1cccc(C(=O)CN[C@H]2CCCN(C(=O)O)C2)c1. The van der Waals surface area contributed by atoms with Crippen LogP contribution >= 0.6 is 0 Å². The first-order valence-electron chi connectivity index (χ1n) is 6.85. The molecule has 2 rings (SSSR count). The fraction of sp³-hybridized carbons (Fsp3) is 0.400. The zero-order chi connectivity index (χ0) is 15.2. The molecule has 1 aromatic rings. The Bertz CT molecular complexity index is 580. The molecule has 0 radical (unpaired) electrons. The largest absolute Gasteiger partial charge is 0.465 e. The second-order valence-corrected chi connectivity index (χ2v) is 5.06. The summed E-state index contributed by atoms with van der Waals surface area (Å²) in [7, 11) is 0. The number of hydrogen-bond acceptors (Lipinski definition) is 4. The van der Waals surface area contributed by atoms with Gasteiger partial charge in [0.1, 0.15) is 0 Å². The summed E-state index contributed by atoms with van der Waals surface area (Å²) in [6, 6.07) is 8.57. The van der Waals surface area contributed by atoms with Gasteiger partial charge in [-0.2, -0.15) is 5.26 Å². The summed E-state index contributed by atoms with van der Waals surface area (Å²) in [6.07, 6.45) is 0.728. The molecule has 6 heteroatoms. The Hall–Kier alpha value is -2.39. The molecule has 21 heavy (non-hydrogen) atoms. The zero-order valence-corrected chi connectivity index (χ0v) is 11.6. The van der Waals surface area contributed by atoms with E-state index in [9.17, 15) is 9.59 Å². The number of benzene rings is 1. The highest BCUT2D eigenvalue weighted by Gasteiger charge is 2.23. The molecule has 0 unspecified atom stereocenters. The lowest BCUT2D eigenvalue weighted by Crippen LogP contribution is -2.48. The molecule has 0 aromatic heterocycles. The van der Waals surface area contributed by atoms with E-state index in [1.54, 1.807) is 24.3 Å². The Kier molecular flexibility index (Phi) is 4.90. The molecule has 2 N–H and O–H groups in total. The summed E-state index contributed by atoms with van der Waals surface area (Å²) < 4.78 is 0. The van der Waals surface area contributed by atoms with Crippen LogP contribution in [0.4, 0.5) is 4.79 Å². The van der Waals surface area contributed by atoms with Crippen LogP contribution in [-0.2, 0) is 0 Å². The molecule has 1 aliphatic heterocycles. The van der Waals surface area contributed by atoms with E-state index in [2.05, 4.69) is 5.32 Å². The Morgan fingerprint density at radius 1 is 1.48 bits per heavy atom. The lowest BCUT2D eigenvalue weighted by Gasteiger charge is -2.31. The molecule has 0 spiro atoms. The van der Waals surface area contributed by atoms with Crippen LogP contribution in [-0.4, -0.2) is 47.6 Å². The average molecular weight is 287 g/mol. The number of ketones is 1. The van der Waals surface area contributed by atoms with Gasteiger partial charge in [0.15, 0.2) is 5.78 Å². The van der Waals surface area contributed by atoms with E-state index in [1.165, 1.54) is 4.90 Å². The number of Topliss-reactive ketones (excluding diaryl/α,β-unsaturated/α-hetero) is 1. The van der Waals surface area contributed by atoms with Crippen molar-refractivity contribution in [3.05, 3.63) is 35.4 Å². The highest BCUT2D eigenvalue weighted by Crippen LogP contribution is 2.10. The van der Waals surface area contributed by atoms with Crippen LogP contribution in [0.1, 0.15) is 28.8 Å². The minimum atomic E-state index is -0.922. The third-order valence-corrected chi connectivity index (χ3v) is 3.56. The third kappa shape index (κ3) is 4.04. The molecule has 1 heterocycles. The normalized spacial score (nSPS) is 18.0. The lowest BCUT2D eigenvalue weighted by atomic mass is 10.0. The van der Waals surface area contributed by atoms with Gasteiger partial charge in [0.05, 0.1) is 18.2 Å². The van der Waals surface area contributed by atoms with E-state index in [-0.39, 0.29) is 18.4 Å². The number of rotatable bonds is 4. The number of nitrogens with zero attached hydrogens (tertiary/aromatic N) is 2. The van der Waals surface area contributed by atoms with Crippen molar-refractivity contribution in [1.29, 1.82) is 5.26 Å². The molecule has 1 saturated heterocycles. The van der Waals surface area contributed by atoms with Crippen LogP contribution < -0.4 is 5.32 Å². The molecule has 1 aromatic carbocycles. The quantitative estimate of drug-likeness (QED) is 0.818. The third-order valence-electron chi connectivity index (χ3n) is 3.56. The first kappa shape index (κ1) is 15.0. The van der Waals surface area contributed by atoms with Gasteiger partial charge in [0, 0.05) is 24.7 Å². The molecule has 0 saturated carbocycles. The number of likely N-dealkylation sites (tertiary alicyclic amines) is 1. The van der Waals surface area contributed by atoms with Gasteiger partial charge in [-0.3, -0.25) is 4.79 Å². The Morgan fingerprint density at radius 2 is 2.29 bits per heavy atom. The molecular weight excluding hydrogens is 270 g/mol. The minimum Gasteiger partial charge on any atom is -0.465 e. The molecule has 0 aliphatic carbocycles. The highest BCUT2D eigenvalue weighted by atomic mass is 16.4. The summed E-state index contributed by atoms with van der Waals surface area (Å²) in [5, 5.41) is 20.9. The number of carbonyl (C=O) groups is 2. The van der Waals surface area contributed by atoms with Gasteiger partial charge in [-0.05, 0) is 25.0 Å². The van der Waals surface area contributed by atoms with Crippen LogP contribution in [0.3, 0.4) is 0 Å². The van der Waals surface area contributed by atoms with E-state index >= 15 is 0 Å². The van der Waals surface area contributed by atoms with Gasteiger partial charge in [-0.1, -0.05) is 12.1 Å². The molecular formula is C15H17N3O3. The molecule has 6 nitrogen and oxygen atoms in total. The number of carboxylic acid groups (broad SMARTS) is 1. The van der Waals surface area contributed by atoms with Crippen molar-refractivity contribution in [3.8, 4) is 6.07 Å². The van der Waals surface area contributed by atoms with E-state index in [0.29, 0.717) is 24.2 Å². The summed E-state index contributed by atoms with van der Waals surface area (Å²) in [4.78, 5) is 24.4. The van der Waals surface area contributed by atoms with Crippen molar-refractivity contribution >= 4 is 11.9 Å². The van der Waals surface area contributed by atoms with E-state index < -0.39 is 6.09 Å². The first-order valence-corrected chi connectivity index (χ1v) is 6.85. The number of piperidine rings is 1. The fourth-order valence-corrected chi connectivity index (χ4v) is 2.42. The van der Waals surface area contributed by atoms with Gasteiger partial charge >= 0.3 is 6.09 Å². The predicted octanol–water partition coefficient (Wildman–Crippen LogP) is 1.47. The van der Waals surface area contributed by atoms with Crippen LogP contribution in [0.15, 0.2) is 24.3 Å². The number of amides is 1. The molecule has 1 aliphatic rings. The first-order chi connectivity index (χ1) is 10.1. The maximum Gasteiger partial charge on any atom is 0.407 e. The molecule has 1 fully saturated rings. The van der Waals surface area contributed by atoms with Crippen molar-refractivity contribution in [2.24, 2.45) is 0 Å². The van der Waals surface area contributed by atoms with E-state index in [0.717, 1.165) is 12.8 Å². The summed E-state index contributed by atoms with van der Waals surface area (Å²) in [5.41, 5.74) is 0.947. The molecule has 1 atom stereocenters. The smallest absolute Gasteiger partial charge is 0.407 e. The van der Waals surface area contributed by atoms with Gasteiger partial charge in [0.25, 0.3) is 0 Å². The van der Waals surface area contributed by atoms with Gasteiger partial charge in [0.2, 0.25) is 0 Å². The Balaban J connectivity index is 1.89. The molecule has 1 amide bonds. The van der Waals surface area contributed by atoms with Gasteiger partial charge < -0.3 is 15.3 Å². The average Bonchev–Trinajstić information content (AvgIpc) is 2.53. The Morgan fingerprint density at radius 3 is 3.00 bits per heavy atom. The standard InChI is InChI=1S/C15H17N3O3/c16-8-11-3-1-4-12(7-11)14(19)9-17-13-5-2-6-18(10-13)15(20)21/h1,3-4,7,13,17H,2,5-6,9-10H2,(H,20,21)/t13-/m0/s1. The second kappa shape index (κ2) is 6.86. The van der Waals surface area contributed by atoms with Crippen molar-refractivity contribution in [3.63, 3.8) is 0 Å². The summed E-state index contributed by atoms with van der Waals surface area (Å²) >= 11 is 0. The van der Waals surface area contributed by atoms with Crippen molar-refractivity contribution < 1.29 is 14.7 Å². The predicted molar refractivity (Wildman–Crippen MR) is 76.1 cm³/mol. The highest BCUT2D eigenvalue weighted by molar-refractivity contribution is 5.97. The van der Waals surface area contributed by atoms with Gasteiger partial charge in [-0.25, -0.2) is 4.79 Å². The maximum atomic E-state index is 12.1. The topological polar surface area (TPSA) is 93.4 Å². The number of hydrogen-bond donors (Lipinski definition) is 2. The maximum absolute atomic E-state index is 12.1. The van der Waals surface area contributed by atoms with Crippen LogP contribution in [0.5, 0.6) is 0 Å². The second-order valence-electron chi connectivity index (χ2n) is 5.06. The van der Waals surface area contributed by atoms with Crippen LogP contribution in [0.2, 0.25) is 0 Å². The van der Waals surface area contributed by atoms with Gasteiger partial charge in [-0.15, -0.1) is 0 Å². The van der Waals surface area contributed by atoms with E-state index in [1.807, 2.05) is 6.07 Å². The molecule has 0 bridgehead atoms. The zero-order valence-electron chi connectivity index (χ0n) is 11.6. The van der Waals surface area contributed by atoms with Crippen molar-refractivity contribution in [2.75, 3.05) is 19.6 Å². The van der Waals surface area contributed by atoms with Crippen molar-refractivity contribution in [1.82, 2.24) is 10.2 Å². The number of carbonyl (C=O) groups excluding carboxylic acids is 1. The van der Waals surface area contributed by atoms with E-state index in [4.69, 9.17) is 10.4 Å². The fourth-order valence-electron chi connectivity index (χ4n) is 2.42. The van der Waals surface area contributed by atoms with Crippen LogP contribution in [0.25, 0.3) is 0 Å². The minimum absolute atomic E-state index is 0.00190. The number of nitriles is 1. The monoisotopic (exact) mass is 287 g/mol. The molecule has 110 valence electrons. The van der Waals surface area contributed by atoms with Crippen molar-refractivity contribution in [2.45, 2.75) is 18.9 Å². The van der Waals surface area contributed by atoms with Crippen LogP contribution in [0, 0.1) is 11.3 Å².